The van der Waals surface area contributed by atoms with Gasteiger partial charge in [-0.3, -0.25) is 4.79 Å². The van der Waals surface area contributed by atoms with Crippen LogP contribution in [0.25, 0.3) is 0 Å². The molecule has 0 atom stereocenters. The van der Waals surface area contributed by atoms with E-state index in [2.05, 4.69) is 21.7 Å². The zero-order valence-corrected chi connectivity index (χ0v) is 9.57. The number of amides is 1. The van der Waals surface area contributed by atoms with Gasteiger partial charge in [0.15, 0.2) is 0 Å². The number of carbonyl (C=O) groups is 1. The summed E-state index contributed by atoms with van der Waals surface area (Å²) in [6.07, 6.45) is 4.82. The molecule has 0 aromatic carbocycles. The molecule has 1 aliphatic rings. The Bertz CT molecular complexity index is 442. The summed E-state index contributed by atoms with van der Waals surface area (Å²) in [7, 11) is 0. The van der Waals surface area contributed by atoms with Gasteiger partial charge >= 0.3 is 0 Å². The molecule has 4 N–H and O–H groups in total. The highest BCUT2D eigenvalue weighted by atomic mass is 16.1. The molecule has 2 rings (SSSR count). The van der Waals surface area contributed by atoms with E-state index in [9.17, 15) is 4.79 Å². The second-order valence-electron chi connectivity index (χ2n) is 3.93. The van der Waals surface area contributed by atoms with Gasteiger partial charge in [0.2, 0.25) is 0 Å². The van der Waals surface area contributed by atoms with Crippen LogP contribution in [0.15, 0.2) is 30.0 Å². The van der Waals surface area contributed by atoms with Crippen LogP contribution in [-0.2, 0) is 0 Å². The van der Waals surface area contributed by atoms with Gasteiger partial charge in [0, 0.05) is 19.3 Å². The maximum atomic E-state index is 11.2. The van der Waals surface area contributed by atoms with Gasteiger partial charge in [0.25, 0.3) is 5.91 Å². The number of anilines is 1. The number of carbonyl (C=O) groups excluding carboxylic acids is 1. The molecule has 1 aliphatic heterocycles. The normalized spacial score (nSPS) is 15.2. The lowest BCUT2D eigenvalue weighted by atomic mass is 10.1. The molecule has 5 heteroatoms. The highest BCUT2D eigenvalue weighted by Crippen LogP contribution is 2.12. The summed E-state index contributed by atoms with van der Waals surface area (Å²) in [5, 5.41) is 6.40. The number of nitrogens with one attached hydrogen (secondary N) is 2. The van der Waals surface area contributed by atoms with E-state index < -0.39 is 5.91 Å². The quantitative estimate of drug-likeness (QED) is 0.661. The van der Waals surface area contributed by atoms with E-state index in [0.29, 0.717) is 17.9 Å². The van der Waals surface area contributed by atoms with Crippen molar-refractivity contribution >= 4 is 11.7 Å². The Kier molecular flexibility index (Phi) is 3.72. The molecule has 0 aliphatic carbocycles. The minimum absolute atomic E-state index is 0.432. The van der Waals surface area contributed by atoms with Gasteiger partial charge in [-0.05, 0) is 25.1 Å². The minimum atomic E-state index is -0.458. The Labute approximate surface area is 100 Å². The molecule has 17 heavy (non-hydrogen) atoms. The predicted octanol–water partition coefficient (Wildman–Crippen LogP) is 0.512. The van der Waals surface area contributed by atoms with Crippen LogP contribution in [0.5, 0.6) is 0 Å². The van der Waals surface area contributed by atoms with Crippen molar-refractivity contribution in [3.05, 3.63) is 35.5 Å². The summed E-state index contributed by atoms with van der Waals surface area (Å²) < 4.78 is 0. The molecule has 0 spiro atoms. The van der Waals surface area contributed by atoms with E-state index in [1.54, 1.807) is 18.3 Å². The summed E-state index contributed by atoms with van der Waals surface area (Å²) in [6, 6.07) is 3.38. The zero-order valence-electron chi connectivity index (χ0n) is 9.57. The van der Waals surface area contributed by atoms with Gasteiger partial charge in [-0.15, -0.1) is 0 Å². The van der Waals surface area contributed by atoms with Crippen molar-refractivity contribution in [1.82, 2.24) is 10.3 Å². The van der Waals surface area contributed by atoms with E-state index in [0.717, 1.165) is 19.5 Å². The molecule has 1 aromatic rings. The molecule has 1 amide bonds. The first kappa shape index (κ1) is 11.6. The average Bonchev–Trinajstić information content (AvgIpc) is 2.38. The standard InChI is InChI=1S/C12H16N4O/c13-11(17)10-2-1-5-15-12(10)16-8-9-3-6-14-7-4-9/h1-3,5,14H,4,6-8H2,(H2,13,17)(H,15,16). The maximum absolute atomic E-state index is 11.2. The van der Waals surface area contributed by atoms with Gasteiger partial charge in [-0.1, -0.05) is 11.6 Å². The molecule has 1 aromatic heterocycles. The maximum Gasteiger partial charge on any atom is 0.252 e. The number of nitrogens with zero attached hydrogens (tertiary/aromatic N) is 1. The van der Waals surface area contributed by atoms with Crippen molar-refractivity contribution in [3.8, 4) is 0 Å². The summed E-state index contributed by atoms with van der Waals surface area (Å²) in [4.78, 5) is 15.3. The third-order valence-corrected chi connectivity index (χ3v) is 2.71. The summed E-state index contributed by atoms with van der Waals surface area (Å²) in [5.41, 5.74) is 7.04. The smallest absolute Gasteiger partial charge is 0.252 e. The topological polar surface area (TPSA) is 80.0 Å². The first-order chi connectivity index (χ1) is 8.27. The van der Waals surface area contributed by atoms with Gasteiger partial charge in [0.1, 0.15) is 5.82 Å². The zero-order chi connectivity index (χ0) is 12.1. The van der Waals surface area contributed by atoms with Gasteiger partial charge in [-0.2, -0.15) is 0 Å². The average molecular weight is 232 g/mol. The Hall–Kier alpha value is -1.88. The first-order valence-corrected chi connectivity index (χ1v) is 5.64. The molecular formula is C12H16N4O. The van der Waals surface area contributed by atoms with Crippen LogP contribution in [0.1, 0.15) is 16.8 Å². The van der Waals surface area contributed by atoms with Crippen molar-refractivity contribution in [2.45, 2.75) is 6.42 Å². The van der Waals surface area contributed by atoms with Crippen molar-refractivity contribution in [3.63, 3.8) is 0 Å². The number of primary amides is 1. The van der Waals surface area contributed by atoms with E-state index >= 15 is 0 Å². The minimum Gasteiger partial charge on any atom is -0.366 e. The number of pyridine rings is 1. The molecule has 5 nitrogen and oxygen atoms in total. The summed E-state index contributed by atoms with van der Waals surface area (Å²) in [6.45, 7) is 2.61. The second-order valence-corrected chi connectivity index (χ2v) is 3.93. The molecule has 0 bridgehead atoms. The Morgan fingerprint density at radius 1 is 1.59 bits per heavy atom. The molecule has 0 radical (unpaired) electrons. The SMILES string of the molecule is NC(=O)c1cccnc1NCC1=CCNCC1. The van der Waals surface area contributed by atoms with Gasteiger partial charge in [-0.25, -0.2) is 4.98 Å². The Morgan fingerprint density at radius 2 is 2.47 bits per heavy atom. The molecule has 0 saturated heterocycles. The number of rotatable bonds is 4. The number of nitrogens with two attached hydrogens (primary N) is 1. The predicted molar refractivity (Wildman–Crippen MR) is 66.8 cm³/mol. The number of hydrogen-bond acceptors (Lipinski definition) is 4. The van der Waals surface area contributed by atoms with E-state index in [1.165, 1.54) is 5.57 Å². The first-order valence-electron chi connectivity index (χ1n) is 5.64. The summed E-state index contributed by atoms with van der Waals surface area (Å²) in [5.74, 6) is 0.0966. The van der Waals surface area contributed by atoms with Crippen LogP contribution >= 0.6 is 0 Å². The van der Waals surface area contributed by atoms with Crippen molar-refractivity contribution in [2.24, 2.45) is 5.73 Å². The lowest BCUT2D eigenvalue weighted by molar-refractivity contribution is 0.100. The highest BCUT2D eigenvalue weighted by Gasteiger charge is 2.09. The molecule has 0 saturated carbocycles. The largest absolute Gasteiger partial charge is 0.366 e. The van der Waals surface area contributed by atoms with Crippen LogP contribution in [0, 0.1) is 0 Å². The van der Waals surface area contributed by atoms with E-state index in [-0.39, 0.29) is 0 Å². The number of hydrogen-bond donors (Lipinski definition) is 3. The third-order valence-electron chi connectivity index (χ3n) is 2.71. The summed E-state index contributed by atoms with van der Waals surface area (Å²) >= 11 is 0. The lowest BCUT2D eigenvalue weighted by Gasteiger charge is -2.15. The van der Waals surface area contributed by atoms with Gasteiger partial charge in [0.05, 0.1) is 5.56 Å². The number of aromatic nitrogens is 1. The van der Waals surface area contributed by atoms with Crippen LogP contribution < -0.4 is 16.4 Å². The third kappa shape index (κ3) is 3.04. The molecule has 0 fully saturated rings. The van der Waals surface area contributed by atoms with Crippen LogP contribution in [0.4, 0.5) is 5.82 Å². The van der Waals surface area contributed by atoms with Crippen molar-refractivity contribution in [1.29, 1.82) is 0 Å². The van der Waals surface area contributed by atoms with E-state index in [1.807, 2.05) is 0 Å². The second kappa shape index (κ2) is 5.45. The van der Waals surface area contributed by atoms with Crippen LogP contribution in [0.2, 0.25) is 0 Å². The van der Waals surface area contributed by atoms with Crippen molar-refractivity contribution < 1.29 is 4.79 Å². The van der Waals surface area contributed by atoms with Crippen molar-refractivity contribution in [2.75, 3.05) is 25.0 Å². The fourth-order valence-electron chi connectivity index (χ4n) is 1.77. The Balaban J connectivity index is 2.03. The Morgan fingerprint density at radius 3 is 3.18 bits per heavy atom. The fourth-order valence-corrected chi connectivity index (χ4v) is 1.77. The molecule has 90 valence electrons. The molecule has 0 unspecified atom stereocenters. The monoisotopic (exact) mass is 232 g/mol. The van der Waals surface area contributed by atoms with Crippen LogP contribution in [-0.4, -0.2) is 30.5 Å². The molecular weight excluding hydrogens is 216 g/mol. The van der Waals surface area contributed by atoms with Crippen LogP contribution in [0.3, 0.4) is 0 Å². The fraction of sp³-hybridized carbons (Fsp3) is 0.333. The molecule has 2 heterocycles. The highest BCUT2D eigenvalue weighted by molar-refractivity contribution is 5.97. The lowest BCUT2D eigenvalue weighted by Crippen LogP contribution is -2.23. The van der Waals surface area contributed by atoms with Gasteiger partial charge < -0.3 is 16.4 Å². The van der Waals surface area contributed by atoms with E-state index in [4.69, 9.17) is 5.73 Å².